The van der Waals surface area contributed by atoms with Gasteiger partial charge in [0.2, 0.25) is 0 Å². The van der Waals surface area contributed by atoms with Crippen LogP contribution in [-0.4, -0.2) is 32.1 Å². The largest absolute Gasteiger partial charge is 0.467 e. The van der Waals surface area contributed by atoms with E-state index in [4.69, 9.17) is 9.47 Å². The molecule has 19 heavy (non-hydrogen) atoms. The lowest BCUT2D eigenvalue weighted by Gasteiger charge is -2.22. The summed E-state index contributed by atoms with van der Waals surface area (Å²) in [5.74, 6) is -0.0801. The maximum atomic E-state index is 11.4. The zero-order valence-corrected chi connectivity index (χ0v) is 11.4. The monoisotopic (exact) mass is 264 g/mol. The molecule has 0 aliphatic carbocycles. The van der Waals surface area contributed by atoms with Crippen LogP contribution in [0.2, 0.25) is 0 Å². The zero-order valence-electron chi connectivity index (χ0n) is 11.4. The van der Waals surface area contributed by atoms with Crippen LogP contribution in [0.3, 0.4) is 0 Å². The first kappa shape index (κ1) is 14.0. The number of hydrogen-bond acceptors (Lipinski definition) is 4. The molecule has 1 heterocycles. The first-order valence-electron chi connectivity index (χ1n) is 6.59. The van der Waals surface area contributed by atoms with Crippen molar-refractivity contribution in [2.24, 2.45) is 5.92 Å². The van der Waals surface area contributed by atoms with E-state index in [-0.39, 0.29) is 18.2 Å². The zero-order chi connectivity index (χ0) is 13.7. The van der Waals surface area contributed by atoms with Gasteiger partial charge in [-0.3, -0.25) is 0 Å². The maximum absolute atomic E-state index is 11.4. The summed E-state index contributed by atoms with van der Waals surface area (Å²) in [7, 11) is 1.36. The van der Waals surface area contributed by atoms with Gasteiger partial charge in [-0.25, -0.2) is 4.79 Å². The van der Waals surface area contributed by atoms with Crippen LogP contribution in [0.25, 0.3) is 0 Å². The van der Waals surface area contributed by atoms with Gasteiger partial charge in [0.1, 0.15) is 0 Å². The molecule has 1 aliphatic rings. The van der Waals surface area contributed by atoms with E-state index in [1.807, 2.05) is 18.2 Å². The molecule has 0 unspecified atom stereocenters. The molecule has 1 fully saturated rings. The Morgan fingerprint density at radius 1 is 1.42 bits per heavy atom. The van der Waals surface area contributed by atoms with Gasteiger partial charge in [0.25, 0.3) is 0 Å². The normalized spacial score (nSPS) is 24.1. The summed E-state index contributed by atoms with van der Waals surface area (Å²) in [6.45, 7) is 2.36. The predicted octanol–water partition coefficient (Wildman–Crippen LogP) is 2.17. The van der Waals surface area contributed by atoms with E-state index in [9.17, 15) is 4.79 Å². The van der Waals surface area contributed by atoms with E-state index in [0.717, 1.165) is 12.8 Å². The van der Waals surface area contributed by atoms with Crippen molar-refractivity contribution in [2.75, 3.05) is 13.7 Å². The molecule has 1 aliphatic heterocycles. The van der Waals surface area contributed by atoms with Crippen LogP contribution in [0.15, 0.2) is 30.3 Å². The molecule has 0 spiro atoms. The van der Waals surface area contributed by atoms with E-state index >= 15 is 0 Å². The number of carbonyl (C=O) groups excluding carboxylic acids is 1. The molecule has 0 aromatic heterocycles. The van der Waals surface area contributed by atoms with Gasteiger partial charge < -0.3 is 14.2 Å². The summed E-state index contributed by atoms with van der Waals surface area (Å²) >= 11 is 0. The van der Waals surface area contributed by atoms with E-state index in [1.54, 1.807) is 6.92 Å². The number of esters is 1. The first-order chi connectivity index (χ1) is 9.20. The van der Waals surface area contributed by atoms with Crippen LogP contribution in [0.4, 0.5) is 0 Å². The van der Waals surface area contributed by atoms with Crippen molar-refractivity contribution in [2.45, 2.75) is 32.2 Å². The van der Waals surface area contributed by atoms with Gasteiger partial charge in [-0.1, -0.05) is 30.3 Å². The van der Waals surface area contributed by atoms with Crippen LogP contribution < -0.4 is 0 Å². The van der Waals surface area contributed by atoms with E-state index in [1.165, 1.54) is 12.7 Å². The molecule has 0 bridgehead atoms. The quantitative estimate of drug-likeness (QED) is 0.765. The second-order valence-electron chi connectivity index (χ2n) is 4.78. The Morgan fingerprint density at radius 3 is 2.84 bits per heavy atom. The van der Waals surface area contributed by atoms with Gasteiger partial charge in [-0.05, 0) is 25.3 Å². The van der Waals surface area contributed by atoms with E-state index in [0.29, 0.717) is 6.61 Å². The fraction of sp³-hybridized carbons (Fsp3) is 0.533. The minimum absolute atomic E-state index is 0.287. The van der Waals surface area contributed by atoms with Crippen molar-refractivity contribution in [1.29, 1.82) is 0 Å². The van der Waals surface area contributed by atoms with Gasteiger partial charge in [0.15, 0.2) is 12.4 Å². The molecule has 3 atom stereocenters. The standard InChI is InChI=1S/C15H20O4/c1-11(14(16)17-2)19-15-13(8-9-18-15)10-12-6-4-3-5-7-12/h3-7,11,13,15H,8-10H2,1-2H3/t11-,13-,15+/m0/s1. The number of methoxy groups -OCH3 is 1. The number of ether oxygens (including phenoxy) is 3. The van der Waals surface area contributed by atoms with Crippen molar-refractivity contribution in [3.8, 4) is 0 Å². The number of benzene rings is 1. The SMILES string of the molecule is COC(=O)[C@H](C)O[C@H]1OCC[C@H]1Cc1ccccc1. The van der Waals surface area contributed by atoms with Crippen LogP contribution in [0.5, 0.6) is 0 Å². The molecule has 0 radical (unpaired) electrons. The summed E-state index contributed by atoms with van der Waals surface area (Å²) in [5.41, 5.74) is 1.26. The average Bonchev–Trinajstić information content (AvgIpc) is 2.86. The van der Waals surface area contributed by atoms with Crippen molar-refractivity contribution >= 4 is 5.97 Å². The van der Waals surface area contributed by atoms with Crippen LogP contribution in [0, 0.1) is 5.92 Å². The third-order valence-corrected chi connectivity index (χ3v) is 3.37. The Kier molecular flexibility index (Phi) is 4.93. The minimum Gasteiger partial charge on any atom is -0.467 e. The lowest BCUT2D eigenvalue weighted by Crippen LogP contribution is -2.31. The Morgan fingerprint density at radius 2 is 2.16 bits per heavy atom. The van der Waals surface area contributed by atoms with E-state index in [2.05, 4.69) is 16.9 Å². The number of rotatable bonds is 5. The van der Waals surface area contributed by atoms with Gasteiger partial charge in [-0.15, -0.1) is 0 Å². The molecule has 0 amide bonds. The second kappa shape index (κ2) is 6.68. The molecule has 1 saturated heterocycles. The van der Waals surface area contributed by atoms with Crippen LogP contribution in [-0.2, 0) is 25.4 Å². The van der Waals surface area contributed by atoms with Gasteiger partial charge in [0.05, 0.1) is 13.7 Å². The molecule has 4 heteroatoms. The fourth-order valence-corrected chi connectivity index (χ4v) is 2.30. The molecule has 0 saturated carbocycles. The van der Waals surface area contributed by atoms with Crippen molar-refractivity contribution in [3.05, 3.63) is 35.9 Å². The molecule has 1 aromatic carbocycles. The average molecular weight is 264 g/mol. The smallest absolute Gasteiger partial charge is 0.334 e. The highest BCUT2D eigenvalue weighted by molar-refractivity contribution is 5.73. The molecule has 0 N–H and O–H groups in total. The van der Waals surface area contributed by atoms with Gasteiger partial charge in [0, 0.05) is 5.92 Å². The Labute approximate surface area is 113 Å². The molecule has 2 rings (SSSR count). The highest BCUT2D eigenvalue weighted by atomic mass is 16.7. The Hall–Kier alpha value is -1.39. The minimum atomic E-state index is -0.591. The Bertz CT molecular complexity index is 404. The highest BCUT2D eigenvalue weighted by Crippen LogP contribution is 2.26. The molecule has 4 nitrogen and oxygen atoms in total. The summed E-state index contributed by atoms with van der Waals surface area (Å²) in [6, 6.07) is 10.2. The maximum Gasteiger partial charge on any atom is 0.334 e. The summed E-state index contributed by atoms with van der Waals surface area (Å²) in [6.07, 6.45) is 0.938. The molecule has 104 valence electrons. The lowest BCUT2D eigenvalue weighted by molar-refractivity contribution is -0.184. The number of carbonyl (C=O) groups is 1. The van der Waals surface area contributed by atoms with Crippen molar-refractivity contribution < 1.29 is 19.0 Å². The van der Waals surface area contributed by atoms with Crippen molar-refractivity contribution in [3.63, 3.8) is 0 Å². The van der Waals surface area contributed by atoms with Crippen LogP contribution >= 0.6 is 0 Å². The Balaban J connectivity index is 1.92. The lowest BCUT2D eigenvalue weighted by atomic mass is 9.97. The summed E-state index contributed by atoms with van der Waals surface area (Å²) in [5, 5.41) is 0. The van der Waals surface area contributed by atoms with Gasteiger partial charge >= 0.3 is 5.97 Å². The topological polar surface area (TPSA) is 44.8 Å². The predicted molar refractivity (Wildman–Crippen MR) is 70.6 cm³/mol. The molecule has 1 aromatic rings. The van der Waals surface area contributed by atoms with Crippen LogP contribution in [0.1, 0.15) is 18.9 Å². The van der Waals surface area contributed by atoms with E-state index < -0.39 is 6.10 Å². The summed E-state index contributed by atoms with van der Waals surface area (Å²) < 4.78 is 15.9. The number of hydrogen-bond donors (Lipinski definition) is 0. The highest BCUT2D eigenvalue weighted by Gasteiger charge is 2.32. The fourth-order valence-electron chi connectivity index (χ4n) is 2.30. The van der Waals surface area contributed by atoms with Gasteiger partial charge in [-0.2, -0.15) is 0 Å². The first-order valence-corrected chi connectivity index (χ1v) is 6.59. The second-order valence-corrected chi connectivity index (χ2v) is 4.78. The third-order valence-electron chi connectivity index (χ3n) is 3.37. The third kappa shape index (κ3) is 3.78. The van der Waals surface area contributed by atoms with Crippen molar-refractivity contribution in [1.82, 2.24) is 0 Å². The molecular formula is C15H20O4. The summed E-state index contributed by atoms with van der Waals surface area (Å²) in [4.78, 5) is 11.4. The molecular weight excluding hydrogens is 244 g/mol.